The zero-order valence-corrected chi connectivity index (χ0v) is 13.7. The third-order valence-electron chi connectivity index (χ3n) is 3.73. The quantitative estimate of drug-likeness (QED) is 0.861. The van der Waals surface area contributed by atoms with Crippen molar-refractivity contribution in [2.75, 3.05) is 26.4 Å². The molecule has 22 heavy (non-hydrogen) atoms. The van der Waals surface area contributed by atoms with Crippen molar-refractivity contribution in [1.29, 1.82) is 0 Å². The van der Waals surface area contributed by atoms with Crippen LogP contribution in [0.2, 0.25) is 0 Å². The summed E-state index contributed by atoms with van der Waals surface area (Å²) in [6.07, 6.45) is 6.22. The van der Waals surface area contributed by atoms with E-state index in [0.29, 0.717) is 19.6 Å². The maximum Gasteiger partial charge on any atom is 0.317 e. The van der Waals surface area contributed by atoms with Crippen molar-refractivity contribution in [1.82, 2.24) is 19.5 Å². The number of urea groups is 1. The van der Waals surface area contributed by atoms with E-state index in [0.717, 1.165) is 18.4 Å². The van der Waals surface area contributed by atoms with Gasteiger partial charge in [-0.3, -0.25) is 4.98 Å². The topological polar surface area (TPSA) is 82.6 Å². The molecule has 122 valence electrons. The Kier molecular flexibility index (Phi) is 5.36. The van der Waals surface area contributed by atoms with Gasteiger partial charge in [-0.05, 0) is 24.5 Å². The molecule has 0 aliphatic carbocycles. The maximum absolute atomic E-state index is 12.1. The predicted molar refractivity (Wildman–Crippen MR) is 83.7 cm³/mol. The average molecular weight is 326 g/mol. The summed E-state index contributed by atoms with van der Waals surface area (Å²) in [7, 11) is -1.51. The van der Waals surface area contributed by atoms with E-state index in [9.17, 15) is 13.2 Å². The van der Waals surface area contributed by atoms with Crippen LogP contribution in [0, 0.1) is 0 Å². The molecular formula is C14H22N4O3S. The third-order valence-corrected chi connectivity index (χ3v) is 5.06. The van der Waals surface area contributed by atoms with E-state index in [1.54, 1.807) is 24.3 Å². The van der Waals surface area contributed by atoms with Crippen LogP contribution < -0.4 is 5.32 Å². The molecule has 2 heterocycles. The monoisotopic (exact) mass is 326 g/mol. The van der Waals surface area contributed by atoms with E-state index < -0.39 is 10.0 Å². The van der Waals surface area contributed by atoms with Gasteiger partial charge in [-0.15, -0.1) is 0 Å². The summed E-state index contributed by atoms with van der Waals surface area (Å²) in [6.45, 7) is 1.33. The standard InChI is InChI=1S/C14H22N4O3S/c1-17(11-12-5-3-7-15-9-12)14(19)16-10-13-6-4-8-18(13)22(2,20)21/h3,5,7,9,13H,4,6,8,10-11H2,1-2H3,(H,16,19)/t13-/m1/s1. The molecule has 1 aliphatic heterocycles. The zero-order valence-electron chi connectivity index (χ0n) is 12.9. The van der Waals surface area contributed by atoms with Crippen molar-refractivity contribution in [2.45, 2.75) is 25.4 Å². The number of carbonyl (C=O) groups excluding carboxylic acids is 1. The van der Waals surface area contributed by atoms with Crippen molar-refractivity contribution in [2.24, 2.45) is 0 Å². The lowest BCUT2D eigenvalue weighted by molar-refractivity contribution is 0.204. The molecule has 1 atom stereocenters. The highest BCUT2D eigenvalue weighted by Crippen LogP contribution is 2.19. The van der Waals surface area contributed by atoms with Crippen molar-refractivity contribution < 1.29 is 13.2 Å². The lowest BCUT2D eigenvalue weighted by Gasteiger charge is -2.24. The lowest BCUT2D eigenvalue weighted by atomic mass is 10.2. The summed E-state index contributed by atoms with van der Waals surface area (Å²) in [4.78, 5) is 17.7. The van der Waals surface area contributed by atoms with E-state index in [1.807, 2.05) is 12.1 Å². The smallest absolute Gasteiger partial charge is 0.317 e. The Morgan fingerprint density at radius 3 is 2.95 bits per heavy atom. The number of sulfonamides is 1. The van der Waals surface area contributed by atoms with Crippen LogP contribution in [0.4, 0.5) is 4.79 Å². The van der Waals surface area contributed by atoms with Crippen LogP contribution in [0.1, 0.15) is 18.4 Å². The summed E-state index contributed by atoms with van der Waals surface area (Å²) < 4.78 is 24.8. The van der Waals surface area contributed by atoms with Gasteiger partial charge in [0.15, 0.2) is 0 Å². The Morgan fingerprint density at radius 2 is 2.32 bits per heavy atom. The molecule has 0 aromatic carbocycles. The largest absolute Gasteiger partial charge is 0.336 e. The molecule has 1 N–H and O–H groups in total. The van der Waals surface area contributed by atoms with Gasteiger partial charge >= 0.3 is 6.03 Å². The van der Waals surface area contributed by atoms with Crippen molar-refractivity contribution in [3.05, 3.63) is 30.1 Å². The van der Waals surface area contributed by atoms with E-state index >= 15 is 0 Å². The van der Waals surface area contributed by atoms with Crippen molar-refractivity contribution >= 4 is 16.1 Å². The van der Waals surface area contributed by atoms with E-state index in [4.69, 9.17) is 0 Å². The van der Waals surface area contributed by atoms with Crippen LogP contribution in [-0.2, 0) is 16.6 Å². The SMILES string of the molecule is CN(Cc1cccnc1)C(=O)NC[C@H]1CCCN1S(C)(=O)=O. The molecule has 1 aromatic rings. The first kappa shape index (κ1) is 16.7. The minimum Gasteiger partial charge on any atom is -0.336 e. The van der Waals surface area contributed by atoms with Crippen LogP contribution in [-0.4, -0.2) is 61.1 Å². The lowest BCUT2D eigenvalue weighted by Crippen LogP contribution is -2.45. The first-order chi connectivity index (χ1) is 10.4. The number of aromatic nitrogens is 1. The second-order valence-corrected chi connectivity index (χ2v) is 7.51. The summed E-state index contributed by atoms with van der Waals surface area (Å²) in [6, 6.07) is 3.36. The van der Waals surface area contributed by atoms with E-state index in [2.05, 4.69) is 10.3 Å². The molecule has 1 fully saturated rings. The van der Waals surface area contributed by atoms with Gasteiger partial charge in [-0.2, -0.15) is 4.31 Å². The highest BCUT2D eigenvalue weighted by Gasteiger charge is 2.31. The molecular weight excluding hydrogens is 304 g/mol. The molecule has 0 radical (unpaired) electrons. The third kappa shape index (κ3) is 4.41. The van der Waals surface area contributed by atoms with Crippen LogP contribution in [0.5, 0.6) is 0 Å². The number of nitrogens with zero attached hydrogens (tertiary/aromatic N) is 3. The minimum atomic E-state index is -3.21. The van der Waals surface area contributed by atoms with Gasteiger partial charge in [0.2, 0.25) is 10.0 Å². The number of nitrogens with one attached hydrogen (secondary N) is 1. The van der Waals surface area contributed by atoms with Gasteiger partial charge in [0.05, 0.1) is 6.26 Å². The molecule has 0 spiro atoms. The number of hydrogen-bond acceptors (Lipinski definition) is 4. The fourth-order valence-electron chi connectivity index (χ4n) is 2.63. The van der Waals surface area contributed by atoms with Gasteiger partial charge in [0, 0.05) is 45.1 Å². The highest BCUT2D eigenvalue weighted by molar-refractivity contribution is 7.88. The van der Waals surface area contributed by atoms with Gasteiger partial charge in [-0.1, -0.05) is 6.07 Å². The van der Waals surface area contributed by atoms with Gasteiger partial charge in [-0.25, -0.2) is 13.2 Å². The Bertz CT molecular complexity index is 606. The summed E-state index contributed by atoms with van der Waals surface area (Å²) in [5.74, 6) is 0. The zero-order chi connectivity index (χ0) is 16.2. The molecule has 0 bridgehead atoms. The number of rotatable bonds is 5. The summed E-state index contributed by atoms with van der Waals surface area (Å²) >= 11 is 0. The first-order valence-electron chi connectivity index (χ1n) is 7.22. The van der Waals surface area contributed by atoms with Gasteiger partial charge in [0.25, 0.3) is 0 Å². The fraction of sp³-hybridized carbons (Fsp3) is 0.571. The maximum atomic E-state index is 12.1. The Morgan fingerprint density at radius 1 is 1.55 bits per heavy atom. The second kappa shape index (κ2) is 7.06. The Hall–Kier alpha value is -1.67. The molecule has 8 heteroatoms. The molecule has 1 saturated heterocycles. The second-order valence-electron chi connectivity index (χ2n) is 5.57. The molecule has 0 unspecified atom stereocenters. The number of carbonyl (C=O) groups is 1. The molecule has 2 rings (SSSR count). The minimum absolute atomic E-state index is 0.147. The summed E-state index contributed by atoms with van der Waals surface area (Å²) in [5.41, 5.74) is 0.943. The molecule has 1 aliphatic rings. The van der Waals surface area contributed by atoms with Crippen molar-refractivity contribution in [3.63, 3.8) is 0 Å². The Labute approximate surface area is 131 Å². The van der Waals surface area contributed by atoms with Crippen molar-refractivity contribution in [3.8, 4) is 0 Å². The van der Waals surface area contributed by atoms with Crippen LogP contribution in [0.25, 0.3) is 0 Å². The van der Waals surface area contributed by atoms with Crippen LogP contribution >= 0.6 is 0 Å². The Balaban J connectivity index is 1.84. The molecule has 2 amide bonds. The van der Waals surface area contributed by atoms with Crippen LogP contribution in [0.3, 0.4) is 0 Å². The molecule has 1 aromatic heterocycles. The van der Waals surface area contributed by atoms with Gasteiger partial charge in [0.1, 0.15) is 0 Å². The number of pyridine rings is 1. The average Bonchev–Trinajstić information content (AvgIpc) is 2.94. The normalized spacial score (nSPS) is 19.1. The number of hydrogen-bond donors (Lipinski definition) is 1. The predicted octanol–water partition coefficient (Wildman–Crippen LogP) is 0.647. The first-order valence-corrected chi connectivity index (χ1v) is 9.07. The number of amides is 2. The highest BCUT2D eigenvalue weighted by atomic mass is 32.2. The molecule has 0 saturated carbocycles. The fourth-order valence-corrected chi connectivity index (χ4v) is 3.81. The molecule has 7 nitrogen and oxygen atoms in total. The van der Waals surface area contributed by atoms with E-state index in [-0.39, 0.29) is 12.1 Å². The van der Waals surface area contributed by atoms with Crippen LogP contribution in [0.15, 0.2) is 24.5 Å². The summed E-state index contributed by atoms with van der Waals surface area (Å²) in [5, 5.41) is 2.81. The van der Waals surface area contributed by atoms with E-state index in [1.165, 1.54) is 10.6 Å². The van der Waals surface area contributed by atoms with Gasteiger partial charge < -0.3 is 10.2 Å².